The molecule has 0 radical (unpaired) electrons. The second kappa shape index (κ2) is 6.46. The van der Waals surface area contributed by atoms with E-state index in [0.717, 1.165) is 18.9 Å². The van der Waals surface area contributed by atoms with Crippen LogP contribution >= 0.6 is 0 Å². The van der Waals surface area contributed by atoms with Crippen molar-refractivity contribution in [3.63, 3.8) is 0 Å². The Morgan fingerprint density at radius 2 is 1.87 bits per heavy atom. The van der Waals surface area contributed by atoms with Gasteiger partial charge >= 0.3 is 0 Å². The molecule has 2 nitrogen and oxygen atoms in total. The second-order valence-electron chi connectivity index (χ2n) is 3.90. The van der Waals surface area contributed by atoms with E-state index in [1.165, 1.54) is 12.0 Å². The van der Waals surface area contributed by atoms with Crippen LogP contribution in [0.1, 0.15) is 32.8 Å². The minimum Gasteiger partial charge on any atom is -0.494 e. The van der Waals surface area contributed by atoms with Crippen LogP contribution in [-0.4, -0.2) is 12.6 Å². The first-order valence-corrected chi connectivity index (χ1v) is 5.81. The lowest BCUT2D eigenvalue weighted by Crippen LogP contribution is -2.87. The molecule has 0 fully saturated rings. The molecule has 0 saturated carbocycles. The molecule has 1 rings (SSSR count). The van der Waals surface area contributed by atoms with Gasteiger partial charge in [0.25, 0.3) is 0 Å². The molecule has 15 heavy (non-hydrogen) atoms. The number of hydrogen-bond acceptors (Lipinski definition) is 1. The maximum Gasteiger partial charge on any atom is 0.119 e. The molecule has 0 aliphatic heterocycles. The number of ether oxygens (including phenoxy) is 1. The molecule has 0 aromatic heterocycles. The van der Waals surface area contributed by atoms with Crippen molar-refractivity contribution in [3.8, 4) is 5.75 Å². The van der Waals surface area contributed by atoms with E-state index in [0.29, 0.717) is 6.04 Å². The first-order chi connectivity index (χ1) is 7.26. The van der Waals surface area contributed by atoms with Gasteiger partial charge in [0.1, 0.15) is 12.3 Å². The molecule has 0 aliphatic rings. The van der Waals surface area contributed by atoms with Crippen LogP contribution < -0.4 is 10.1 Å². The normalized spacial score (nSPS) is 12.5. The number of hydrogen-bond donors (Lipinski definition) is 1. The third kappa shape index (κ3) is 4.34. The average molecular weight is 208 g/mol. The largest absolute Gasteiger partial charge is 0.494 e. The molecule has 2 heteroatoms. The summed E-state index contributed by atoms with van der Waals surface area (Å²) in [7, 11) is 0. The molecule has 0 unspecified atom stereocenters. The molecule has 0 amide bonds. The molecular weight excluding hydrogens is 186 g/mol. The standard InChI is InChI=1S/C13H21NO/c1-4-11(3)14-10-12-6-8-13(9-7-12)15-5-2/h6-9,11,14H,4-5,10H2,1-3H3/p+1/t11-/m1/s1. The minimum absolute atomic E-state index is 0.705. The summed E-state index contributed by atoms with van der Waals surface area (Å²) in [5.41, 5.74) is 1.36. The molecule has 1 atom stereocenters. The minimum atomic E-state index is 0.705. The van der Waals surface area contributed by atoms with E-state index < -0.39 is 0 Å². The van der Waals surface area contributed by atoms with Gasteiger partial charge in [-0.25, -0.2) is 0 Å². The first-order valence-electron chi connectivity index (χ1n) is 5.81. The van der Waals surface area contributed by atoms with E-state index in [9.17, 15) is 0 Å². The van der Waals surface area contributed by atoms with Gasteiger partial charge in [-0.2, -0.15) is 0 Å². The van der Waals surface area contributed by atoms with Crippen molar-refractivity contribution < 1.29 is 10.1 Å². The highest BCUT2D eigenvalue weighted by atomic mass is 16.5. The van der Waals surface area contributed by atoms with Crippen LogP contribution in [-0.2, 0) is 6.54 Å². The summed E-state index contributed by atoms with van der Waals surface area (Å²) in [5, 5.41) is 2.37. The van der Waals surface area contributed by atoms with E-state index in [2.05, 4.69) is 31.3 Å². The summed E-state index contributed by atoms with van der Waals surface area (Å²) in [4.78, 5) is 0. The van der Waals surface area contributed by atoms with Gasteiger partial charge in [-0.15, -0.1) is 0 Å². The fraction of sp³-hybridized carbons (Fsp3) is 0.538. The summed E-state index contributed by atoms with van der Waals surface area (Å²) < 4.78 is 5.40. The van der Waals surface area contributed by atoms with Gasteiger partial charge < -0.3 is 10.1 Å². The van der Waals surface area contributed by atoms with Gasteiger partial charge in [0, 0.05) is 5.56 Å². The predicted molar refractivity (Wildman–Crippen MR) is 63.0 cm³/mol. The maximum absolute atomic E-state index is 5.40. The third-order valence-corrected chi connectivity index (χ3v) is 2.63. The van der Waals surface area contributed by atoms with Gasteiger partial charge in [0.05, 0.1) is 12.6 Å². The van der Waals surface area contributed by atoms with Crippen LogP contribution in [0.3, 0.4) is 0 Å². The maximum atomic E-state index is 5.40. The second-order valence-corrected chi connectivity index (χ2v) is 3.90. The van der Waals surface area contributed by atoms with Gasteiger partial charge in [0.2, 0.25) is 0 Å². The fourth-order valence-corrected chi connectivity index (χ4v) is 1.39. The molecule has 1 aromatic carbocycles. The number of rotatable bonds is 6. The van der Waals surface area contributed by atoms with E-state index in [1.54, 1.807) is 0 Å². The van der Waals surface area contributed by atoms with Gasteiger partial charge in [-0.05, 0) is 44.5 Å². The summed E-state index contributed by atoms with van der Waals surface area (Å²) in [6.45, 7) is 8.28. The lowest BCUT2D eigenvalue weighted by Gasteiger charge is -2.08. The van der Waals surface area contributed by atoms with Crippen LogP contribution in [0.2, 0.25) is 0 Å². The topological polar surface area (TPSA) is 25.8 Å². The van der Waals surface area contributed by atoms with Gasteiger partial charge in [0.15, 0.2) is 0 Å². The quantitative estimate of drug-likeness (QED) is 0.759. The Morgan fingerprint density at radius 3 is 2.40 bits per heavy atom. The molecule has 0 aliphatic carbocycles. The Hall–Kier alpha value is -1.02. The van der Waals surface area contributed by atoms with Crippen LogP contribution in [0.15, 0.2) is 24.3 Å². The molecular formula is C13H22NO+. The number of benzene rings is 1. The highest BCUT2D eigenvalue weighted by Crippen LogP contribution is 2.11. The van der Waals surface area contributed by atoms with Crippen molar-refractivity contribution >= 4 is 0 Å². The lowest BCUT2D eigenvalue weighted by atomic mass is 10.2. The third-order valence-electron chi connectivity index (χ3n) is 2.63. The van der Waals surface area contributed by atoms with Gasteiger partial charge in [-0.3, -0.25) is 0 Å². The Morgan fingerprint density at radius 1 is 1.20 bits per heavy atom. The van der Waals surface area contributed by atoms with Crippen molar-refractivity contribution in [1.29, 1.82) is 0 Å². The Kier molecular flexibility index (Phi) is 5.19. The monoisotopic (exact) mass is 208 g/mol. The van der Waals surface area contributed by atoms with E-state index in [4.69, 9.17) is 4.74 Å². The van der Waals surface area contributed by atoms with Crippen molar-refractivity contribution in [2.75, 3.05) is 6.61 Å². The zero-order valence-electron chi connectivity index (χ0n) is 9.99. The van der Waals surface area contributed by atoms with E-state index in [-0.39, 0.29) is 0 Å². The molecule has 0 spiro atoms. The van der Waals surface area contributed by atoms with Crippen molar-refractivity contribution in [2.45, 2.75) is 39.8 Å². The van der Waals surface area contributed by atoms with Crippen molar-refractivity contribution in [3.05, 3.63) is 29.8 Å². The SMILES string of the molecule is CCOc1ccc(C[NH2+][C@H](C)CC)cc1. The summed E-state index contributed by atoms with van der Waals surface area (Å²) in [6.07, 6.45) is 1.22. The van der Waals surface area contributed by atoms with Gasteiger partial charge in [-0.1, -0.05) is 6.92 Å². The molecule has 0 bridgehead atoms. The van der Waals surface area contributed by atoms with Crippen LogP contribution in [0, 0.1) is 0 Å². The molecule has 0 heterocycles. The smallest absolute Gasteiger partial charge is 0.119 e. The molecule has 84 valence electrons. The Bertz CT molecular complexity index is 268. The highest BCUT2D eigenvalue weighted by molar-refractivity contribution is 5.26. The van der Waals surface area contributed by atoms with E-state index >= 15 is 0 Å². The van der Waals surface area contributed by atoms with Crippen molar-refractivity contribution in [2.24, 2.45) is 0 Å². The lowest BCUT2D eigenvalue weighted by molar-refractivity contribution is -0.701. The fourth-order valence-electron chi connectivity index (χ4n) is 1.39. The van der Waals surface area contributed by atoms with Crippen molar-refractivity contribution in [1.82, 2.24) is 0 Å². The average Bonchev–Trinajstić information content (AvgIpc) is 2.28. The highest BCUT2D eigenvalue weighted by Gasteiger charge is 2.01. The number of nitrogens with two attached hydrogens (primary N) is 1. The van der Waals surface area contributed by atoms with Crippen LogP contribution in [0.4, 0.5) is 0 Å². The van der Waals surface area contributed by atoms with E-state index in [1.807, 2.05) is 19.1 Å². The predicted octanol–water partition coefficient (Wildman–Crippen LogP) is 1.95. The molecule has 1 aromatic rings. The zero-order chi connectivity index (χ0) is 11.1. The zero-order valence-corrected chi connectivity index (χ0v) is 9.99. The summed E-state index contributed by atoms with van der Waals surface area (Å²) in [5.74, 6) is 0.963. The molecule has 0 saturated heterocycles. The summed E-state index contributed by atoms with van der Waals surface area (Å²) >= 11 is 0. The molecule has 2 N–H and O–H groups in total. The van der Waals surface area contributed by atoms with Crippen LogP contribution in [0.5, 0.6) is 5.75 Å². The van der Waals surface area contributed by atoms with Crippen LogP contribution in [0.25, 0.3) is 0 Å². The summed E-state index contributed by atoms with van der Waals surface area (Å²) in [6, 6.07) is 9.08. The Labute approximate surface area is 92.6 Å². The Balaban J connectivity index is 2.42. The number of quaternary nitrogens is 1. The first kappa shape index (κ1) is 12.1.